The van der Waals surface area contributed by atoms with E-state index in [9.17, 15) is 8.42 Å². The molecule has 0 fully saturated rings. The number of nitrogens with zero attached hydrogens (tertiary/aromatic N) is 2. The minimum absolute atomic E-state index is 0.156. The van der Waals surface area contributed by atoms with E-state index in [1.165, 1.54) is 6.07 Å². The molecular formula is C14H12ClN3O3S2. The molecule has 23 heavy (non-hydrogen) atoms. The summed E-state index contributed by atoms with van der Waals surface area (Å²) in [6, 6.07) is 8.02. The van der Waals surface area contributed by atoms with Gasteiger partial charge in [0.25, 0.3) is 10.0 Å². The zero-order valence-corrected chi connectivity index (χ0v) is 14.4. The van der Waals surface area contributed by atoms with E-state index in [1.54, 1.807) is 29.6 Å². The molecule has 6 nitrogen and oxygen atoms in total. The van der Waals surface area contributed by atoms with Gasteiger partial charge in [-0.15, -0.1) is 21.5 Å². The summed E-state index contributed by atoms with van der Waals surface area (Å²) in [6.45, 7) is 1.90. The van der Waals surface area contributed by atoms with Gasteiger partial charge in [0.2, 0.25) is 11.8 Å². The van der Waals surface area contributed by atoms with Gasteiger partial charge in [-0.25, -0.2) is 8.42 Å². The predicted molar refractivity (Wildman–Crippen MR) is 89.2 cm³/mol. The van der Waals surface area contributed by atoms with E-state index in [2.05, 4.69) is 14.9 Å². The normalized spacial score (nSPS) is 11.6. The van der Waals surface area contributed by atoms with E-state index in [0.717, 1.165) is 11.3 Å². The van der Waals surface area contributed by atoms with E-state index >= 15 is 0 Å². The molecule has 120 valence electrons. The van der Waals surface area contributed by atoms with Crippen molar-refractivity contribution in [1.82, 2.24) is 10.2 Å². The molecular weight excluding hydrogens is 358 g/mol. The fraction of sp³-hybridized carbons (Fsp3) is 0.143. The average molecular weight is 370 g/mol. The Labute approximate surface area is 142 Å². The number of hydrogen-bond donors (Lipinski definition) is 1. The molecule has 9 heteroatoms. The molecule has 0 spiro atoms. The lowest BCUT2D eigenvalue weighted by Crippen LogP contribution is -2.11. The summed E-state index contributed by atoms with van der Waals surface area (Å²) >= 11 is 6.94. The maximum Gasteiger partial charge on any atom is 0.271 e. The second-order valence-electron chi connectivity index (χ2n) is 4.62. The molecule has 0 atom stereocenters. The van der Waals surface area contributed by atoms with Crippen molar-refractivity contribution in [1.29, 1.82) is 0 Å². The molecule has 0 bridgehead atoms. The second-order valence-corrected chi connectivity index (χ2v) is 7.88. The van der Waals surface area contributed by atoms with Gasteiger partial charge in [-0.1, -0.05) is 24.6 Å². The van der Waals surface area contributed by atoms with Crippen LogP contribution >= 0.6 is 22.9 Å². The summed E-state index contributed by atoms with van der Waals surface area (Å²) in [5, 5.41) is 9.89. The van der Waals surface area contributed by atoms with Crippen LogP contribution in [-0.4, -0.2) is 18.6 Å². The van der Waals surface area contributed by atoms with Crippen LogP contribution in [0.5, 0.6) is 0 Å². The monoisotopic (exact) mass is 369 g/mol. The molecule has 1 aromatic carbocycles. The molecule has 1 N–H and O–H groups in total. The number of sulfonamides is 1. The summed E-state index contributed by atoms with van der Waals surface area (Å²) in [7, 11) is -3.70. The quantitative estimate of drug-likeness (QED) is 0.739. The lowest BCUT2D eigenvalue weighted by Gasteiger charge is -2.06. The Balaban J connectivity index is 1.86. The van der Waals surface area contributed by atoms with Crippen molar-refractivity contribution < 1.29 is 12.8 Å². The SMILES string of the molecule is CCc1nnc(-c2csc(S(=O)(=O)Nc3cccc(Cl)c3)c2)o1. The number of halogens is 1. The van der Waals surface area contributed by atoms with Crippen molar-refractivity contribution in [3.05, 3.63) is 46.6 Å². The first-order valence-corrected chi connectivity index (χ1v) is 9.41. The molecule has 3 aromatic rings. The maximum absolute atomic E-state index is 12.4. The molecule has 0 aliphatic heterocycles. The van der Waals surface area contributed by atoms with Crippen LogP contribution in [-0.2, 0) is 16.4 Å². The molecule has 0 aliphatic carbocycles. The van der Waals surface area contributed by atoms with E-state index in [0.29, 0.717) is 34.5 Å². The first-order chi connectivity index (χ1) is 11.0. The highest BCUT2D eigenvalue weighted by Crippen LogP contribution is 2.29. The zero-order valence-electron chi connectivity index (χ0n) is 12.0. The van der Waals surface area contributed by atoms with Crippen LogP contribution in [0.2, 0.25) is 5.02 Å². The molecule has 3 rings (SSSR count). The number of nitrogens with one attached hydrogen (secondary N) is 1. The molecule has 0 aliphatic rings. The number of aromatic nitrogens is 2. The minimum atomic E-state index is -3.70. The maximum atomic E-state index is 12.4. The van der Waals surface area contributed by atoms with Gasteiger partial charge < -0.3 is 4.42 Å². The summed E-state index contributed by atoms with van der Waals surface area (Å²) in [4.78, 5) is 0. The first-order valence-electron chi connectivity index (χ1n) is 6.67. The molecule has 0 radical (unpaired) electrons. The van der Waals surface area contributed by atoms with Crippen molar-refractivity contribution in [2.45, 2.75) is 17.6 Å². The van der Waals surface area contributed by atoms with Crippen LogP contribution in [0.15, 0.2) is 44.3 Å². The summed E-state index contributed by atoms with van der Waals surface area (Å²) < 4.78 is 32.9. The molecule has 2 aromatic heterocycles. The van der Waals surface area contributed by atoms with Gasteiger partial charge >= 0.3 is 0 Å². The Kier molecular flexibility index (Phi) is 4.38. The fourth-order valence-corrected chi connectivity index (χ4v) is 4.23. The Morgan fingerprint density at radius 2 is 2.13 bits per heavy atom. The fourth-order valence-electron chi connectivity index (χ4n) is 1.84. The summed E-state index contributed by atoms with van der Waals surface area (Å²) in [5.41, 5.74) is 0.979. The summed E-state index contributed by atoms with van der Waals surface area (Å²) in [5.74, 6) is 0.815. The van der Waals surface area contributed by atoms with Gasteiger partial charge in [0.05, 0.1) is 11.3 Å². The first kappa shape index (κ1) is 16.0. The topological polar surface area (TPSA) is 85.1 Å². The molecule has 0 saturated carbocycles. The largest absolute Gasteiger partial charge is 0.421 e. The van der Waals surface area contributed by atoms with Gasteiger partial charge in [-0.2, -0.15) is 0 Å². The minimum Gasteiger partial charge on any atom is -0.421 e. The highest BCUT2D eigenvalue weighted by Gasteiger charge is 2.19. The Hall–Kier alpha value is -1.90. The summed E-state index contributed by atoms with van der Waals surface area (Å²) in [6.07, 6.45) is 0.624. The van der Waals surface area contributed by atoms with Crippen molar-refractivity contribution in [3.8, 4) is 11.5 Å². The molecule has 0 unspecified atom stereocenters. The third kappa shape index (κ3) is 3.54. The highest BCUT2D eigenvalue weighted by molar-refractivity contribution is 7.94. The molecule has 0 amide bonds. The number of benzene rings is 1. The molecule has 0 saturated heterocycles. The number of thiophene rings is 1. The zero-order chi connectivity index (χ0) is 16.4. The van der Waals surface area contributed by atoms with E-state index in [-0.39, 0.29) is 4.21 Å². The second kappa shape index (κ2) is 6.31. The lowest BCUT2D eigenvalue weighted by molar-refractivity contribution is 0.513. The van der Waals surface area contributed by atoms with Gasteiger partial charge in [0.1, 0.15) is 4.21 Å². The third-order valence-corrected chi connectivity index (χ3v) is 5.99. The van der Waals surface area contributed by atoms with Gasteiger partial charge in [0.15, 0.2) is 0 Å². The van der Waals surface area contributed by atoms with Gasteiger partial charge in [-0.3, -0.25) is 4.72 Å². The Morgan fingerprint density at radius 1 is 1.30 bits per heavy atom. The van der Waals surface area contributed by atoms with Crippen molar-refractivity contribution in [2.24, 2.45) is 0 Å². The van der Waals surface area contributed by atoms with E-state index in [4.69, 9.17) is 16.0 Å². The van der Waals surface area contributed by atoms with Crippen LogP contribution in [0, 0.1) is 0 Å². The van der Waals surface area contributed by atoms with Gasteiger partial charge in [0, 0.05) is 16.8 Å². The third-order valence-electron chi connectivity index (χ3n) is 2.93. The smallest absolute Gasteiger partial charge is 0.271 e. The van der Waals surface area contributed by atoms with Crippen LogP contribution in [0.1, 0.15) is 12.8 Å². The standard InChI is InChI=1S/C14H12ClN3O3S2/c1-2-12-16-17-14(21-12)9-6-13(22-8-9)23(19,20)18-11-5-3-4-10(15)7-11/h3-8,18H,2H2,1H3. The van der Waals surface area contributed by atoms with Crippen molar-refractivity contribution >= 4 is 38.6 Å². The lowest BCUT2D eigenvalue weighted by atomic mass is 10.3. The number of hydrogen-bond acceptors (Lipinski definition) is 6. The van der Waals surface area contributed by atoms with E-state index < -0.39 is 10.0 Å². The van der Waals surface area contributed by atoms with E-state index in [1.807, 2.05) is 6.92 Å². The number of rotatable bonds is 5. The Morgan fingerprint density at radius 3 is 2.83 bits per heavy atom. The van der Waals surface area contributed by atoms with Gasteiger partial charge in [-0.05, 0) is 24.3 Å². The van der Waals surface area contributed by atoms with Crippen LogP contribution in [0.25, 0.3) is 11.5 Å². The molecule has 2 heterocycles. The predicted octanol–water partition coefficient (Wildman–Crippen LogP) is 3.81. The average Bonchev–Trinajstić information content (AvgIpc) is 3.16. The number of aryl methyl sites for hydroxylation is 1. The number of anilines is 1. The van der Waals surface area contributed by atoms with Crippen molar-refractivity contribution in [3.63, 3.8) is 0 Å². The van der Waals surface area contributed by atoms with Crippen molar-refractivity contribution in [2.75, 3.05) is 4.72 Å². The Bertz CT molecular complexity index is 934. The van der Waals surface area contributed by atoms with Crippen LogP contribution in [0.4, 0.5) is 5.69 Å². The van der Waals surface area contributed by atoms with Crippen LogP contribution < -0.4 is 4.72 Å². The highest BCUT2D eigenvalue weighted by atomic mass is 35.5. The van der Waals surface area contributed by atoms with Crippen LogP contribution in [0.3, 0.4) is 0 Å².